The number of aryl methyl sites for hydroxylation is 1. The van der Waals surface area contributed by atoms with Crippen molar-refractivity contribution in [3.63, 3.8) is 0 Å². The number of rotatable bonds is 5. The zero-order chi connectivity index (χ0) is 22.2. The summed E-state index contributed by atoms with van der Waals surface area (Å²) in [6.45, 7) is 0.327. The van der Waals surface area contributed by atoms with Crippen LogP contribution < -0.4 is 11.2 Å². The van der Waals surface area contributed by atoms with Crippen LogP contribution in [-0.4, -0.2) is 15.1 Å². The summed E-state index contributed by atoms with van der Waals surface area (Å²) in [5.41, 5.74) is 0.0226. The van der Waals surface area contributed by atoms with Crippen LogP contribution in [0.15, 0.2) is 76.3 Å². The number of hydrogen-bond acceptors (Lipinski definition) is 6. The summed E-state index contributed by atoms with van der Waals surface area (Å²) < 4.78 is 9.23. The zero-order valence-corrected chi connectivity index (χ0v) is 18.7. The standard InChI is InChI=1S/C24H18N2O4S2/c1-25-22-18(21(27)26(24(25)29)13-15-7-3-2-4-8-15)12-20(32-22)23(28)30-14-17-11-16-9-5-6-10-19(16)31-17/h2-12H,13-14H2,1H3. The van der Waals surface area contributed by atoms with Gasteiger partial charge in [0.05, 0.1) is 11.9 Å². The molecule has 2 aromatic carbocycles. The average molecular weight is 463 g/mol. The topological polar surface area (TPSA) is 70.3 Å². The molecule has 160 valence electrons. The predicted octanol–water partition coefficient (Wildman–Crippen LogP) is 4.38. The molecule has 32 heavy (non-hydrogen) atoms. The largest absolute Gasteiger partial charge is 0.456 e. The molecule has 0 aliphatic carbocycles. The molecule has 5 aromatic rings. The second kappa shape index (κ2) is 8.22. The van der Waals surface area contributed by atoms with Gasteiger partial charge in [0.2, 0.25) is 0 Å². The third kappa shape index (κ3) is 3.68. The number of carbonyl (C=O) groups is 1. The van der Waals surface area contributed by atoms with Crippen LogP contribution in [0.5, 0.6) is 0 Å². The number of benzene rings is 2. The van der Waals surface area contributed by atoms with Gasteiger partial charge in [-0.1, -0.05) is 48.5 Å². The Bertz CT molecular complexity index is 1540. The Morgan fingerprint density at radius 3 is 2.50 bits per heavy atom. The van der Waals surface area contributed by atoms with Crippen LogP contribution >= 0.6 is 22.7 Å². The molecule has 0 spiro atoms. The Balaban J connectivity index is 1.44. The van der Waals surface area contributed by atoms with Crippen molar-refractivity contribution >= 4 is 48.9 Å². The number of hydrogen-bond donors (Lipinski definition) is 0. The lowest BCUT2D eigenvalue weighted by atomic mass is 10.2. The first-order valence-electron chi connectivity index (χ1n) is 9.93. The molecule has 0 atom stereocenters. The maximum absolute atomic E-state index is 13.0. The van der Waals surface area contributed by atoms with Crippen molar-refractivity contribution in [3.05, 3.63) is 103 Å². The Labute approximate surface area is 190 Å². The van der Waals surface area contributed by atoms with E-state index < -0.39 is 17.2 Å². The van der Waals surface area contributed by atoms with E-state index >= 15 is 0 Å². The number of thiophene rings is 2. The van der Waals surface area contributed by atoms with Gasteiger partial charge in [-0.15, -0.1) is 22.7 Å². The molecule has 6 nitrogen and oxygen atoms in total. The summed E-state index contributed by atoms with van der Waals surface area (Å²) in [7, 11) is 1.61. The Hall–Kier alpha value is -3.49. The third-order valence-corrected chi connectivity index (χ3v) is 7.50. The summed E-state index contributed by atoms with van der Waals surface area (Å²) in [4.78, 5) is 40.2. The lowest BCUT2D eigenvalue weighted by Gasteiger charge is -2.08. The highest BCUT2D eigenvalue weighted by Crippen LogP contribution is 2.27. The number of fused-ring (bicyclic) bond motifs is 2. The van der Waals surface area contributed by atoms with E-state index in [2.05, 4.69) is 0 Å². The van der Waals surface area contributed by atoms with Crippen molar-refractivity contribution in [1.29, 1.82) is 0 Å². The molecular weight excluding hydrogens is 444 g/mol. The fourth-order valence-electron chi connectivity index (χ4n) is 3.61. The summed E-state index contributed by atoms with van der Waals surface area (Å²) >= 11 is 2.67. The van der Waals surface area contributed by atoms with Gasteiger partial charge >= 0.3 is 11.7 Å². The minimum absolute atomic E-state index is 0.156. The van der Waals surface area contributed by atoms with E-state index in [1.807, 2.05) is 60.7 Å². The fourth-order valence-corrected chi connectivity index (χ4v) is 5.58. The molecule has 5 rings (SSSR count). The number of esters is 1. The quantitative estimate of drug-likeness (QED) is 0.364. The lowest BCUT2D eigenvalue weighted by Crippen LogP contribution is -2.38. The lowest BCUT2D eigenvalue weighted by molar-refractivity contribution is 0.0483. The van der Waals surface area contributed by atoms with Crippen LogP contribution in [0.25, 0.3) is 20.3 Å². The Morgan fingerprint density at radius 2 is 1.72 bits per heavy atom. The van der Waals surface area contributed by atoms with Gasteiger partial charge in [0.1, 0.15) is 16.3 Å². The normalized spacial score (nSPS) is 11.3. The van der Waals surface area contributed by atoms with Gasteiger partial charge in [0, 0.05) is 16.6 Å². The molecule has 0 aliphatic rings. The monoisotopic (exact) mass is 462 g/mol. The minimum Gasteiger partial charge on any atom is -0.456 e. The Morgan fingerprint density at radius 1 is 0.969 bits per heavy atom. The molecule has 0 saturated heterocycles. The number of aromatic nitrogens is 2. The van der Waals surface area contributed by atoms with E-state index in [0.29, 0.717) is 15.1 Å². The van der Waals surface area contributed by atoms with Crippen molar-refractivity contribution in [3.8, 4) is 0 Å². The molecule has 0 unspecified atom stereocenters. The SMILES string of the molecule is Cn1c(=O)n(Cc2ccccc2)c(=O)c2cc(C(=O)OCc3cc4ccccc4s3)sc21. The van der Waals surface area contributed by atoms with Crippen LogP contribution in [-0.2, 0) is 24.9 Å². The van der Waals surface area contributed by atoms with E-state index in [0.717, 1.165) is 31.9 Å². The summed E-state index contributed by atoms with van der Waals surface area (Å²) in [5.74, 6) is -0.509. The molecule has 0 bridgehead atoms. The summed E-state index contributed by atoms with van der Waals surface area (Å²) in [5, 5.41) is 1.45. The van der Waals surface area contributed by atoms with Crippen molar-refractivity contribution in [2.45, 2.75) is 13.2 Å². The second-order valence-corrected chi connectivity index (χ2v) is 9.57. The van der Waals surface area contributed by atoms with Crippen LogP contribution in [0.4, 0.5) is 0 Å². The van der Waals surface area contributed by atoms with Gasteiger partial charge < -0.3 is 4.74 Å². The molecule has 0 aliphatic heterocycles. The van der Waals surface area contributed by atoms with Crippen molar-refractivity contribution in [1.82, 2.24) is 9.13 Å². The van der Waals surface area contributed by atoms with Crippen LogP contribution in [0, 0.1) is 0 Å². The first-order valence-corrected chi connectivity index (χ1v) is 11.6. The van der Waals surface area contributed by atoms with Crippen molar-refractivity contribution < 1.29 is 9.53 Å². The van der Waals surface area contributed by atoms with Gasteiger partial charge in [-0.25, -0.2) is 9.59 Å². The third-order valence-electron chi connectivity index (χ3n) is 5.22. The molecule has 0 fully saturated rings. The molecule has 0 radical (unpaired) electrons. The van der Waals surface area contributed by atoms with Crippen molar-refractivity contribution in [2.24, 2.45) is 7.05 Å². The molecule has 3 aromatic heterocycles. The van der Waals surface area contributed by atoms with E-state index in [-0.39, 0.29) is 13.2 Å². The summed E-state index contributed by atoms with van der Waals surface area (Å²) in [6, 6.07) is 20.8. The number of carbonyl (C=O) groups excluding carboxylic acids is 1. The van der Waals surface area contributed by atoms with E-state index in [1.54, 1.807) is 18.4 Å². The van der Waals surface area contributed by atoms with Crippen molar-refractivity contribution in [2.75, 3.05) is 0 Å². The fraction of sp³-hybridized carbons (Fsp3) is 0.125. The second-order valence-electron chi connectivity index (χ2n) is 7.37. The van der Waals surface area contributed by atoms with E-state index in [4.69, 9.17) is 4.74 Å². The van der Waals surface area contributed by atoms with Gasteiger partial charge in [-0.2, -0.15) is 0 Å². The van der Waals surface area contributed by atoms with E-state index in [1.165, 1.54) is 15.2 Å². The molecule has 0 saturated carbocycles. The molecule has 0 N–H and O–H groups in total. The minimum atomic E-state index is -0.509. The van der Waals surface area contributed by atoms with Crippen LogP contribution in [0.3, 0.4) is 0 Å². The maximum atomic E-state index is 13.0. The molecule has 0 amide bonds. The highest BCUT2D eigenvalue weighted by Gasteiger charge is 2.19. The average Bonchev–Trinajstić information content (AvgIpc) is 3.44. The molecular formula is C24H18N2O4S2. The molecule has 8 heteroatoms. The van der Waals surface area contributed by atoms with Gasteiger partial charge in [-0.3, -0.25) is 13.9 Å². The van der Waals surface area contributed by atoms with Crippen LogP contribution in [0.1, 0.15) is 20.1 Å². The molecule has 3 heterocycles. The highest BCUT2D eigenvalue weighted by molar-refractivity contribution is 7.20. The Kier molecular flexibility index (Phi) is 5.24. The van der Waals surface area contributed by atoms with E-state index in [9.17, 15) is 14.4 Å². The van der Waals surface area contributed by atoms with Gasteiger partial charge in [0.15, 0.2) is 0 Å². The highest BCUT2D eigenvalue weighted by atomic mass is 32.1. The first-order chi connectivity index (χ1) is 15.5. The number of ether oxygens (including phenoxy) is 1. The number of nitrogens with zero attached hydrogens (tertiary/aromatic N) is 2. The summed E-state index contributed by atoms with van der Waals surface area (Å²) in [6.07, 6.45) is 0. The van der Waals surface area contributed by atoms with Gasteiger partial charge in [-0.05, 0) is 29.1 Å². The zero-order valence-electron chi connectivity index (χ0n) is 17.1. The predicted molar refractivity (Wildman–Crippen MR) is 128 cm³/mol. The maximum Gasteiger partial charge on any atom is 0.348 e. The smallest absolute Gasteiger partial charge is 0.348 e. The van der Waals surface area contributed by atoms with Gasteiger partial charge in [0.25, 0.3) is 5.56 Å². The van der Waals surface area contributed by atoms with Crippen LogP contribution in [0.2, 0.25) is 0 Å². The first kappa shape index (κ1) is 20.4.